The van der Waals surface area contributed by atoms with Gasteiger partial charge in [0.2, 0.25) is 16.8 Å². The van der Waals surface area contributed by atoms with Crippen LogP contribution in [0.4, 0.5) is 17.1 Å². The molecule has 0 fully saturated rings. The Morgan fingerprint density at radius 3 is 2.40 bits per heavy atom. The molecule has 0 radical (unpaired) electrons. The summed E-state index contributed by atoms with van der Waals surface area (Å²) in [5.74, 6) is -0.542. The number of carbonyl (C=O) groups is 2. The molecule has 1 amide bonds. The Morgan fingerprint density at radius 1 is 1.08 bits per heavy atom. The van der Waals surface area contributed by atoms with E-state index in [-0.39, 0.29) is 5.91 Å². The number of amides is 1. The highest BCUT2D eigenvalue weighted by Crippen LogP contribution is 2.31. The molecule has 0 spiro atoms. The first kappa shape index (κ1) is 17.0. The molecule has 25 heavy (non-hydrogen) atoms. The Balaban J connectivity index is 1.97. The van der Waals surface area contributed by atoms with E-state index in [1.54, 1.807) is 30.3 Å². The molecular formula is C17H16N2O5S. The van der Waals surface area contributed by atoms with Gasteiger partial charge in [-0.3, -0.25) is 4.79 Å². The minimum Gasteiger partial charge on any atom is -0.465 e. The number of fused-ring (bicyclic) bond motifs is 1. The fraction of sp³-hybridized carbons (Fsp3) is 0.176. The number of anilines is 3. The van der Waals surface area contributed by atoms with Crippen molar-refractivity contribution >= 4 is 39.8 Å². The predicted octanol–water partition coefficient (Wildman–Crippen LogP) is 2.02. The molecule has 1 aliphatic heterocycles. The maximum absolute atomic E-state index is 11.8. The number of nitrogens with zero attached hydrogens (tertiary/aromatic N) is 1. The van der Waals surface area contributed by atoms with Crippen molar-refractivity contribution in [2.24, 2.45) is 0 Å². The van der Waals surface area contributed by atoms with E-state index in [2.05, 4.69) is 10.1 Å². The van der Waals surface area contributed by atoms with Crippen molar-refractivity contribution in [1.29, 1.82) is 0 Å². The summed E-state index contributed by atoms with van der Waals surface area (Å²) in [6.07, 6.45) is 0.924. The zero-order valence-electron chi connectivity index (χ0n) is 13.4. The van der Waals surface area contributed by atoms with Gasteiger partial charge in [-0.05, 0) is 54.4 Å². The molecule has 8 heteroatoms. The van der Waals surface area contributed by atoms with E-state index in [9.17, 15) is 18.0 Å². The van der Waals surface area contributed by atoms with E-state index in [0.717, 1.165) is 9.87 Å². The van der Waals surface area contributed by atoms with Gasteiger partial charge in [-0.25, -0.2) is 17.5 Å². The number of carbonyl (C=O) groups excluding carboxylic acids is 2. The molecule has 0 aliphatic carbocycles. The smallest absolute Gasteiger partial charge is 0.337 e. The minimum atomic E-state index is -2.94. The summed E-state index contributed by atoms with van der Waals surface area (Å²) in [7, 11) is -1.66. The van der Waals surface area contributed by atoms with Gasteiger partial charge in [-0.1, -0.05) is 0 Å². The first-order valence-electron chi connectivity index (χ1n) is 7.55. The van der Waals surface area contributed by atoms with E-state index in [0.29, 0.717) is 35.5 Å². The first-order valence-corrected chi connectivity index (χ1v) is 8.68. The molecule has 130 valence electrons. The lowest BCUT2D eigenvalue weighted by molar-refractivity contribution is -0.116. The lowest BCUT2D eigenvalue weighted by Gasteiger charge is -2.22. The van der Waals surface area contributed by atoms with Gasteiger partial charge < -0.3 is 10.1 Å². The molecule has 3 rings (SSSR count). The van der Waals surface area contributed by atoms with E-state index < -0.39 is 16.9 Å². The number of hydrogen-bond donors (Lipinski definition) is 2. The number of aryl methyl sites for hydroxylation is 1. The summed E-state index contributed by atoms with van der Waals surface area (Å²) >= 11 is 0. The third-order valence-corrected chi connectivity index (χ3v) is 4.71. The number of benzene rings is 2. The topological polar surface area (TPSA) is 92.8 Å². The van der Waals surface area contributed by atoms with Gasteiger partial charge in [-0.2, -0.15) is 0 Å². The van der Waals surface area contributed by atoms with Crippen LogP contribution in [0.2, 0.25) is 0 Å². The van der Waals surface area contributed by atoms with Crippen molar-refractivity contribution < 1.29 is 22.7 Å². The molecular weight excluding hydrogens is 344 g/mol. The van der Waals surface area contributed by atoms with E-state index in [1.165, 1.54) is 19.2 Å². The summed E-state index contributed by atoms with van der Waals surface area (Å²) < 4.78 is 29.4. The lowest BCUT2D eigenvalue weighted by Crippen LogP contribution is -2.20. The molecule has 1 N–H and O–H groups in total. The predicted molar refractivity (Wildman–Crippen MR) is 93.6 cm³/mol. The highest BCUT2D eigenvalue weighted by atomic mass is 32.2. The summed E-state index contributed by atoms with van der Waals surface area (Å²) in [5.41, 5.74) is 2.79. The molecule has 2 aromatic carbocycles. The number of rotatable bonds is 4. The fourth-order valence-electron chi connectivity index (χ4n) is 2.70. The van der Waals surface area contributed by atoms with Crippen molar-refractivity contribution in [1.82, 2.24) is 0 Å². The van der Waals surface area contributed by atoms with Crippen LogP contribution >= 0.6 is 0 Å². The first-order chi connectivity index (χ1) is 12.0. The molecule has 7 nitrogen and oxygen atoms in total. The molecule has 1 aliphatic rings. The fourth-order valence-corrected chi connectivity index (χ4v) is 3.33. The van der Waals surface area contributed by atoms with Gasteiger partial charge in [0.05, 0.1) is 24.0 Å². The average molecular weight is 360 g/mol. The van der Waals surface area contributed by atoms with Gasteiger partial charge in [-0.15, -0.1) is 0 Å². The van der Waals surface area contributed by atoms with E-state index >= 15 is 0 Å². The molecule has 0 bridgehead atoms. The Labute approximate surface area is 146 Å². The Kier molecular flexibility index (Phi) is 4.71. The second-order valence-electron chi connectivity index (χ2n) is 5.48. The quantitative estimate of drug-likeness (QED) is 0.643. The second kappa shape index (κ2) is 6.94. The molecule has 0 unspecified atom stereocenters. The zero-order chi connectivity index (χ0) is 18.0. The van der Waals surface area contributed by atoms with Crippen molar-refractivity contribution in [3.63, 3.8) is 0 Å². The molecule has 0 atom stereocenters. The van der Waals surface area contributed by atoms with Crippen LogP contribution in [0, 0.1) is 0 Å². The number of hydrogen-bond acceptors (Lipinski definition) is 5. The largest absolute Gasteiger partial charge is 0.465 e. The summed E-state index contributed by atoms with van der Waals surface area (Å²) in [6, 6.07) is 11.2. The maximum Gasteiger partial charge on any atom is 0.337 e. The number of ether oxygens (including phenoxy) is 1. The van der Waals surface area contributed by atoms with E-state index in [1.807, 2.05) is 0 Å². The SMILES string of the molecule is COC(=O)c1ccc(N(c2ccc3c(c2)CCC(=O)N3)[SH](=O)=O)cc1. The maximum atomic E-state index is 11.8. The third-order valence-electron chi connectivity index (χ3n) is 3.93. The molecule has 0 aromatic heterocycles. The lowest BCUT2D eigenvalue weighted by atomic mass is 10.0. The van der Waals surface area contributed by atoms with E-state index in [4.69, 9.17) is 0 Å². The number of esters is 1. The van der Waals surface area contributed by atoms with Crippen LogP contribution in [0.5, 0.6) is 0 Å². The summed E-state index contributed by atoms with van der Waals surface area (Å²) in [5, 5.41) is 2.76. The van der Waals surface area contributed by atoms with Crippen LogP contribution in [0.25, 0.3) is 0 Å². The van der Waals surface area contributed by atoms with Gasteiger partial charge in [0.25, 0.3) is 0 Å². The monoisotopic (exact) mass is 360 g/mol. The Morgan fingerprint density at radius 2 is 1.76 bits per heavy atom. The van der Waals surface area contributed by atoms with Gasteiger partial charge >= 0.3 is 5.97 Å². The van der Waals surface area contributed by atoms with Crippen molar-refractivity contribution in [2.45, 2.75) is 12.8 Å². The Hall–Kier alpha value is -2.87. The zero-order valence-corrected chi connectivity index (χ0v) is 14.3. The summed E-state index contributed by atoms with van der Waals surface area (Å²) in [4.78, 5) is 22.9. The molecule has 0 saturated heterocycles. The standard InChI is InChI=1S/C17H16N2O5S/c1-24-17(21)11-2-5-13(6-3-11)19(25(22)23)14-7-8-15-12(10-14)4-9-16(20)18-15/h2-3,5-8,10,25H,4,9H2,1H3,(H,18,20). The second-order valence-corrected chi connectivity index (χ2v) is 6.35. The third kappa shape index (κ3) is 3.48. The van der Waals surface area contributed by atoms with Crippen molar-refractivity contribution in [3.05, 3.63) is 53.6 Å². The summed E-state index contributed by atoms with van der Waals surface area (Å²) in [6.45, 7) is 0. The number of thiol groups is 1. The minimum absolute atomic E-state index is 0.0505. The molecule has 0 saturated carbocycles. The number of nitrogens with one attached hydrogen (secondary N) is 1. The number of methoxy groups -OCH3 is 1. The van der Waals surface area contributed by atoms with Gasteiger partial charge in [0.1, 0.15) is 0 Å². The van der Waals surface area contributed by atoms with Gasteiger partial charge in [0, 0.05) is 12.1 Å². The van der Waals surface area contributed by atoms with Crippen LogP contribution in [0.3, 0.4) is 0 Å². The van der Waals surface area contributed by atoms with Crippen LogP contribution in [0.1, 0.15) is 22.3 Å². The van der Waals surface area contributed by atoms with Crippen molar-refractivity contribution in [3.8, 4) is 0 Å². The molecule has 1 heterocycles. The normalized spacial score (nSPS) is 13.1. The van der Waals surface area contributed by atoms with Crippen LogP contribution in [-0.4, -0.2) is 27.4 Å². The Bertz CT molecular complexity index is 898. The van der Waals surface area contributed by atoms with Crippen LogP contribution in [-0.2, 0) is 26.8 Å². The van der Waals surface area contributed by atoms with Crippen molar-refractivity contribution in [2.75, 3.05) is 16.7 Å². The average Bonchev–Trinajstić information content (AvgIpc) is 2.61. The van der Waals surface area contributed by atoms with Crippen LogP contribution < -0.4 is 9.62 Å². The van der Waals surface area contributed by atoms with Crippen LogP contribution in [0.15, 0.2) is 42.5 Å². The van der Waals surface area contributed by atoms with Gasteiger partial charge in [0.15, 0.2) is 0 Å². The highest BCUT2D eigenvalue weighted by Gasteiger charge is 2.18. The highest BCUT2D eigenvalue weighted by molar-refractivity contribution is 7.74. The molecule has 2 aromatic rings.